The topological polar surface area (TPSA) is 100 Å². The van der Waals surface area contributed by atoms with Crippen LogP contribution in [0.1, 0.15) is 11.1 Å². The van der Waals surface area contributed by atoms with E-state index >= 15 is 0 Å². The van der Waals surface area contributed by atoms with Crippen LogP contribution in [-0.4, -0.2) is 45.7 Å². The first kappa shape index (κ1) is 21.7. The van der Waals surface area contributed by atoms with Crippen molar-refractivity contribution in [1.29, 1.82) is 0 Å². The van der Waals surface area contributed by atoms with Crippen molar-refractivity contribution in [2.45, 2.75) is 12.8 Å². The first-order valence-corrected chi connectivity index (χ1v) is 8.78. The van der Waals surface area contributed by atoms with Gasteiger partial charge in [0.15, 0.2) is 18.1 Å². The highest BCUT2D eigenvalue weighted by Gasteiger charge is 2.16. The maximum atomic E-state index is 12.0. The minimum absolute atomic E-state index is 0.0615. The van der Waals surface area contributed by atoms with E-state index < -0.39 is 24.4 Å². The molecule has 0 radical (unpaired) electrons. The molecule has 29 heavy (non-hydrogen) atoms. The second-order valence-electron chi connectivity index (χ2n) is 6.00. The van der Waals surface area contributed by atoms with Crippen LogP contribution in [0.25, 0.3) is 0 Å². The van der Waals surface area contributed by atoms with E-state index in [1.165, 1.54) is 21.3 Å². The van der Waals surface area contributed by atoms with Crippen LogP contribution in [0.15, 0.2) is 42.5 Å². The largest absolute Gasteiger partial charge is 0.493 e. The van der Waals surface area contributed by atoms with E-state index in [1.807, 2.05) is 6.07 Å². The van der Waals surface area contributed by atoms with Gasteiger partial charge in [-0.3, -0.25) is 19.7 Å². The zero-order chi connectivity index (χ0) is 21.2. The lowest BCUT2D eigenvalue weighted by molar-refractivity contribution is -0.149. The van der Waals surface area contributed by atoms with Crippen molar-refractivity contribution in [3.05, 3.63) is 53.6 Å². The Balaban J connectivity index is 1.86. The molecule has 2 aromatic carbocycles. The molecule has 1 N–H and O–H groups in total. The van der Waals surface area contributed by atoms with E-state index in [9.17, 15) is 14.4 Å². The predicted molar refractivity (Wildman–Crippen MR) is 104 cm³/mol. The van der Waals surface area contributed by atoms with Crippen LogP contribution in [0.5, 0.6) is 17.2 Å². The molecule has 0 saturated carbocycles. The lowest BCUT2D eigenvalue weighted by Crippen LogP contribution is -2.35. The third-order valence-corrected chi connectivity index (χ3v) is 3.92. The fourth-order valence-corrected chi connectivity index (χ4v) is 2.62. The summed E-state index contributed by atoms with van der Waals surface area (Å²) in [5.41, 5.74) is 1.34. The van der Waals surface area contributed by atoms with Crippen molar-refractivity contribution in [1.82, 2.24) is 5.32 Å². The molecule has 8 heteroatoms. The van der Waals surface area contributed by atoms with E-state index in [1.54, 1.807) is 36.4 Å². The molecule has 2 amide bonds. The minimum Gasteiger partial charge on any atom is -0.493 e. The summed E-state index contributed by atoms with van der Waals surface area (Å²) in [5, 5.41) is 2.19. The molecule has 0 saturated heterocycles. The van der Waals surface area contributed by atoms with Crippen molar-refractivity contribution < 1.29 is 33.3 Å². The molecule has 0 bridgehead atoms. The Bertz CT molecular complexity index is 840. The van der Waals surface area contributed by atoms with Gasteiger partial charge < -0.3 is 18.9 Å². The summed E-state index contributed by atoms with van der Waals surface area (Å²) in [5.74, 6) is -0.586. The Kier molecular flexibility index (Phi) is 8.02. The highest BCUT2D eigenvalue weighted by molar-refractivity contribution is 5.97. The zero-order valence-corrected chi connectivity index (χ0v) is 16.5. The van der Waals surface area contributed by atoms with Gasteiger partial charge in [-0.05, 0) is 23.3 Å². The van der Waals surface area contributed by atoms with E-state index in [4.69, 9.17) is 18.9 Å². The summed E-state index contributed by atoms with van der Waals surface area (Å²) in [4.78, 5) is 35.7. The number of rotatable bonds is 9. The molecule has 2 rings (SSSR count). The maximum Gasteiger partial charge on any atom is 0.310 e. The number of methoxy groups -OCH3 is 3. The highest BCUT2D eigenvalue weighted by atomic mass is 16.5. The van der Waals surface area contributed by atoms with Gasteiger partial charge in [-0.15, -0.1) is 0 Å². The molecule has 0 unspecified atom stereocenters. The lowest BCUT2D eigenvalue weighted by Gasteiger charge is -2.14. The van der Waals surface area contributed by atoms with Crippen LogP contribution >= 0.6 is 0 Å². The summed E-state index contributed by atoms with van der Waals surface area (Å²) in [7, 11) is 4.42. The molecule has 0 aromatic heterocycles. The fraction of sp³-hybridized carbons (Fsp3) is 0.286. The Labute approximate surface area is 168 Å². The van der Waals surface area contributed by atoms with Gasteiger partial charge in [-0.1, -0.05) is 30.3 Å². The normalized spacial score (nSPS) is 10.0. The molecule has 0 fully saturated rings. The number of ether oxygens (including phenoxy) is 4. The third-order valence-electron chi connectivity index (χ3n) is 3.92. The van der Waals surface area contributed by atoms with Gasteiger partial charge in [0.05, 0.1) is 34.2 Å². The summed E-state index contributed by atoms with van der Waals surface area (Å²) in [6.07, 6.45) is -0.0477. The second kappa shape index (κ2) is 10.7. The highest BCUT2D eigenvalue weighted by Crippen LogP contribution is 2.38. The number of esters is 1. The number of benzene rings is 2. The van der Waals surface area contributed by atoms with Crippen molar-refractivity contribution in [2.75, 3.05) is 27.9 Å². The minimum atomic E-state index is -0.691. The number of hydrogen-bond acceptors (Lipinski definition) is 7. The Morgan fingerprint density at radius 3 is 1.97 bits per heavy atom. The zero-order valence-electron chi connectivity index (χ0n) is 16.5. The molecular formula is C21H23NO7. The van der Waals surface area contributed by atoms with Crippen LogP contribution < -0.4 is 19.5 Å². The van der Waals surface area contributed by atoms with Gasteiger partial charge in [0.2, 0.25) is 11.7 Å². The Morgan fingerprint density at radius 1 is 0.793 bits per heavy atom. The van der Waals surface area contributed by atoms with Crippen molar-refractivity contribution in [3.63, 3.8) is 0 Å². The smallest absolute Gasteiger partial charge is 0.310 e. The predicted octanol–water partition coefficient (Wildman–Crippen LogP) is 1.68. The first-order chi connectivity index (χ1) is 14.0. The summed E-state index contributed by atoms with van der Waals surface area (Å²) in [6.45, 7) is -0.552. The van der Waals surface area contributed by atoms with E-state index in [-0.39, 0.29) is 12.8 Å². The van der Waals surface area contributed by atoms with Gasteiger partial charge in [0.1, 0.15) is 0 Å². The molecule has 154 valence electrons. The lowest BCUT2D eigenvalue weighted by atomic mass is 10.1. The Hall–Kier alpha value is -3.55. The van der Waals surface area contributed by atoms with E-state index in [0.29, 0.717) is 22.8 Å². The number of carbonyl (C=O) groups is 3. The number of hydrogen-bond donors (Lipinski definition) is 1. The summed E-state index contributed by atoms with van der Waals surface area (Å²) in [6, 6.07) is 12.2. The van der Waals surface area contributed by atoms with Crippen LogP contribution in [0, 0.1) is 0 Å². The van der Waals surface area contributed by atoms with Gasteiger partial charge in [0.25, 0.3) is 5.91 Å². The Morgan fingerprint density at radius 2 is 1.41 bits per heavy atom. The monoisotopic (exact) mass is 401 g/mol. The number of nitrogens with one attached hydrogen (secondary N) is 1. The molecule has 0 atom stereocenters. The second-order valence-corrected chi connectivity index (χ2v) is 6.00. The quantitative estimate of drug-likeness (QED) is 0.638. The first-order valence-electron chi connectivity index (χ1n) is 8.78. The molecule has 8 nitrogen and oxygen atoms in total. The van der Waals surface area contributed by atoms with Gasteiger partial charge in [-0.25, -0.2) is 0 Å². The molecule has 0 aliphatic heterocycles. The summed E-state index contributed by atoms with van der Waals surface area (Å²) >= 11 is 0. The van der Waals surface area contributed by atoms with Crippen LogP contribution in [0.2, 0.25) is 0 Å². The maximum absolute atomic E-state index is 12.0. The van der Waals surface area contributed by atoms with Crippen LogP contribution in [0.4, 0.5) is 0 Å². The van der Waals surface area contributed by atoms with Crippen molar-refractivity contribution >= 4 is 17.8 Å². The number of amides is 2. The standard InChI is InChI=1S/C21H23NO7/c1-26-16-9-15(10-17(27-2)21(16)28-3)12-20(25)29-13-19(24)22-18(23)11-14-7-5-4-6-8-14/h4-10H,11-13H2,1-3H3,(H,22,23,24). The molecule has 0 aliphatic rings. The average molecular weight is 401 g/mol. The van der Waals surface area contributed by atoms with Crippen LogP contribution in [0.3, 0.4) is 0 Å². The van der Waals surface area contributed by atoms with Gasteiger partial charge >= 0.3 is 5.97 Å². The van der Waals surface area contributed by atoms with E-state index in [0.717, 1.165) is 5.56 Å². The third kappa shape index (κ3) is 6.53. The SMILES string of the molecule is COc1cc(CC(=O)OCC(=O)NC(=O)Cc2ccccc2)cc(OC)c1OC. The molecule has 0 spiro atoms. The summed E-state index contributed by atoms with van der Waals surface area (Å²) < 4.78 is 20.6. The average Bonchev–Trinajstić information content (AvgIpc) is 2.72. The molecule has 2 aromatic rings. The molecular weight excluding hydrogens is 378 g/mol. The number of imide groups is 1. The molecule has 0 heterocycles. The fourth-order valence-electron chi connectivity index (χ4n) is 2.62. The number of carbonyl (C=O) groups excluding carboxylic acids is 3. The molecule has 0 aliphatic carbocycles. The van der Waals surface area contributed by atoms with Crippen molar-refractivity contribution in [2.24, 2.45) is 0 Å². The van der Waals surface area contributed by atoms with Gasteiger partial charge in [0, 0.05) is 0 Å². The van der Waals surface area contributed by atoms with Gasteiger partial charge in [-0.2, -0.15) is 0 Å². The van der Waals surface area contributed by atoms with E-state index in [2.05, 4.69) is 5.32 Å². The van der Waals surface area contributed by atoms with Crippen LogP contribution in [-0.2, 0) is 32.0 Å². The van der Waals surface area contributed by atoms with Crippen molar-refractivity contribution in [3.8, 4) is 17.2 Å².